The minimum Gasteiger partial charge on any atom is -0.395 e. The summed E-state index contributed by atoms with van der Waals surface area (Å²) in [6, 6.07) is 0. The normalized spacial score (nSPS) is 47.5. The van der Waals surface area contributed by atoms with Gasteiger partial charge in [0.1, 0.15) is 0 Å². The summed E-state index contributed by atoms with van der Waals surface area (Å²) in [7, 11) is 0. The van der Waals surface area contributed by atoms with E-state index in [0.717, 1.165) is 19.3 Å². The fourth-order valence-corrected chi connectivity index (χ4v) is 3.31. The molecule has 14 heavy (non-hydrogen) atoms. The summed E-state index contributed by atoms with van der Waals surface area (Å²) in [6.45, 7) is 2.10. The highest BCUT2D eigenvalue weighted by atomic mass is 16.3. The summed E-state index contributed by atoms with van der Waals surface area (Å²) in [5.41, 5.74) is -0.738. The van der Waals surface area contributed by atoms with Crippen LogP contribution in [-0.4, -0.2) is 22.4 Å². The summed E-state index contributed by atoms with van der Waals surface area (Å²) in [4.78, 5) is 0. The van der Waals surface area contributed by atoms with Gasteiger partial charge >= 0.3 is 0 Å². The van der Waals surface area contributed by atoms with Crippen molar-refractivity contribution in [1.82, 2.24) is 0 Å². The van der Waals surface area contributed by atoms with Crippen LogP contribution >= 0.6 is 0 Å². The molecule has 2 nitrogen and oxygen atoms in total. The number of hydrogen-bond acceptors (Lipinski definition) is 2. The van der Waals surface area contributed by atoms with E-state index >= 15 is 0 Å². The Labute approximate surface area is 85.6 Å². The Hall–Kier alpha value is -0.340. The molecule has 2 rings (SSSR count). The summed E-state index contributed by atoms with van der Waals surface area (Å²) in [5, 5.41) is 19.9. The molecule has 0 spiro atoms. The van der Waals surface area contributed by atoms with Crippen molar-refractivity contribution in [2.75, 3.05) is 6.61 Å². The summed E-state index contributed by atoms with van der Waals surface area (Å²) < 4.78 is 0. The van der Waals surface area contributed by atoms with E-state index in [1.54, 1.807) is 0 Å². The molecule has 1 saturated carbocycles. The van der Waals surface area contributed by atoms with Gasteiger partial charge in [0.2, 0.25) is 0 Å². The molecular weight excluding hydrogens is 176 g/mol. The molecule has 2 heteroatoms. The third kappa shape index (κ3) is 1.41. The smallest absolute Gasteiger partial charge is 0.0691 e. The highest BCUT2D eigenvalue weighted by molar-refractivity contribution is 5.15. The average Bonchev–Trinajstić information content (AvgIpc) is 2.17. The van der Waals surface area contributed by atoms with Crippen LogP contribution in [-0.2, 0) is 0 Å². The lowest BCUT2D eigenvalue weighted by atomic mass is 9.57. The van der Waals surface area contributed by atoms with Crippen molar-refractivity contribution in [3.05, 3.63) is 12.2 Å². The van der Waals surface area contributed by atoms with Gasteiger partial charge in [-0.3, -0.25) is 0 Å². The molecule has 0 heterocycles. The first-order valence-electron chi connectivity index (χ1n) is 5.62. The van der Waals surface area contributed by atoms with E-state index in [-0.39, 0.29) is 17.9 Å². The van der Waals surface area contributed by atoms with Crippen LogP contribution in [0.25, 0.3) is 0 Å². The summed E-state index contributed by atoms with van der Waals surface area (Å²) in [5.74, 6) is 0.249. The minimum absolute atomic E-state index is 0.125. The first-order valence-corrected chi connectivity index (χ1v) is 5.62. The van der Waals surface area contributed by atoms with E-state index in [9.17, 15) is 10.2 Å². The van der Waals surface area contributed by atoms with Crippen molar-refractivity contribution in [3.63, 3.8) is 0 Å². The second-order valence-electron chi connectivity index (χ2n) is 5.15. The zero-order valence-electron chi connectivity index (χ0n) is 8.87. The number of aliphatic hydroxyl groups is 2. The number of rotatable bonds is 1. The van der Waals surface area contributed by atoms with Gasteiger partial charge in [-0.15, -0.1) is 0 Å². The van der Waals surface area contributed by atoms with Gasteiger partial charge in [-0.05, 0) is 32.1 Å². The molecule has 2 N–H and O–H groups in total. The fraction of sp³-hybridized carbons (Fsp3) is 0.833. The number of fused-ring (bicyclic) bond motifs is 1. The second-order valence-corrected chi connectivity index (χ2v) is 5.15. The summed E-state index contributed by atoms with van der Waals surface area (Å²) >= 11 is 0. The lowest BCUT2D eigenvalue weighted by Gasteiger charge is -2.50. The van der Waals surface area contributed by atoms with Crippen molar-refractivity contribution < 1.29 is 10.2 Å². The Balaban J connectivity index is 2.33. The largest absolute Gasteiger partial charge is 0.395 e. The Morgan fingerprint density at radius 2 is 2.21 bits per heavy atom. The first-order chi connectivity index (χ1) is 6.61. The molecule has 0 saturated heterocycles. The van der Waals surface area contributed by atoms with E-state index < -0.39 is 5.60 Å². The molecule has 0 aromatic carbocycles. The van der Waals surface area contributed by atoms with Crippen molar-refractivity contribution in [2.45, 2.75) is 44.6 Å². The van der Waals surface area contributed by atoms with E-state index in [0.29, 0.717) is 0 Å². The maximum Gasteiger partial charge on any atom is 0.0691 e. The van der Waals surface area contributed by atoms with Crippen molar-refractivity contribution in [1.29, 1.82) is 0 Å². The second kappa shape index (κ2) is 3.35. The van der Waals surface area contributed by atoms with Crippen LogP contribution in [0, 0.1) is 11.3 Å². The monoisotopic (exact) mass is 196 g/mol. The van der Waals surface area contributed by atoms with Crippen molar-refractivity contribution in [2.24, 2.45) is 11.3 Å². The van der Waals surface area contributed by atoms with Crippen LogP contribution < -0.4 is 0 Å². The first kappa shape index (κ1) is 10.2. The molecule has 0 bridgehead atoms. The van der Waals surface area contributed by atoms with Crippen LogP contribution in [0.2, 0.25) is 0 Å². The zero-order valence-corrected chi connectivity index (χ0v) is 8.87. The predicted molar refractivity (Wildman–Crippen MR) is 55.9 cm³/mol. The molecule has 0 aromatic heterocycles. The van der Waals surface area contributed by atoms with Gasteiger partial charge in [0.15, 0.2) is 0 Å². The van der Waals surface area contributed by atoms with Gasteiger partial charge in [0.05, 0.1) is 12.2 Å². The van der Waals surface area contributed by atoms with Gasteiger partial charge < -0.3 is 10.2 Å². The van der Waals surface area contributed by atoms with Crippen molar-refractivity contribution in [3.8, 4) is 0 Å². The fourth-order valence-electron chi connectivity index (χ4n) is 3.31. The highest BCUT2D eigenvalue weighted by Crippen LogP contribution is 2.50. The minimum atomic E-state index is -0.613. The predicted octanol–water partition coefficient (Wildman–Crippen LogP) is 1.87. The lowest BCUT2D eigenvalue weighted by Crippen LogP contribution is -2.50. The Morgan fingerprint density at radius 3 is 2.86 bits per heavy atom. The van der Waals surface area contributed by atoms with Gasteiger partial charge in [-0.1, -0.05) is 25.0 Å². The van der Waals surface area contributed by atoms with Crippen LogP contribution in [0.5, 0.6) is 0 Å². The molecule has 0 amide bonds. The standard InChI is InChI=1S/C12H20O2/c1-11(14)6-4-8-12(9-13)7-3-2-5-10(11)12/h4,8,10,13-14H,2-3,5-7,9H2,1H3. The van der Waals surface area contributed by atoms with E-state index in [1.165, 1.54) is 12.8 Å². The molecule has 2 aliphatic rings. The number of aliphatic hydroxyl groups excluding tert-OH is 1. The molecule has 2 aliphatic carbocycles. The molecule has 3 atom stereocenters. The average molecular weight is 196 g/mol. The van der Waals surface area contributed by atoms with E-state index in [4.69, 9.17) is 0 Å². The van der Waals surface area contributed by atoms with Crippen LogP contribution in [0.15, 0.2) is 12.2 Å². The molecule has 80 valence electrons. The van der Waals surface area contributed by atoms with Gasteiger partial charge in [0.25, 0.3) is 0 Å². The zero-order chi connectivity index (χ0) is 10.2. The SMILES string of the molecule is CC1(O)CC=CC2(CO)CCCCC12. The topological polar surface area (TPSA) is 40.5 Å². The Kier molecular flexibility index (Phi) is 2.44. The van der Waals surface area contributed by atoms with E-state index in [2.05, 4.69) is 6.08 Å². The molecule has 0 aromatic rings. The highest BCUT2D eigenvalue weighted by Gasteiger charge is 2.48. The molecule has 3 unspecified atom stereocenters. The Bertz CT molecular complexity index is 245. The Morgan fingerprint density at radius 1 is 1.43 bits per heavy atom. The van der Waals surface area contributed by atoms with Gasteiger partial charge in [0, 0.05) is 5.41 Å². The van der Waals surface area contributed by atoms with Crippen molar-refractivity contribution >= 4 is 0 Å². The third-order valence-corrected chi connectivity index (χ3v) is 4.10. The quantitative estimate of drug-likeness (QED) is 0.628. The van der Waals surface area contributed by atoms with E-state index in [1.807, 2.05) is 13.0 Å². The lowest BCUT2D eigenvalue weighted by molar-refractivity contribution is -0.0892. The summed E-state index contributed by atoms with van der Waals surface area (Å²) in [6.07, 6.45) is 9.37. The van der Waals surface area contributed by atoms with Gasteiger partial charge in [-0.2, -0.15) is 0 Å². The molecular formula is C12H20O2. The molecule has 0 radical (unpaired) electrons. The third-order valence-electron chi connectivity index (χ3n) is 4.10. The van der Waals surface area contributed by atoms with Crippen LogP contribution in [0.1, 0.15) is 39.0 Å². The maximum atomic E-state index is 10.3. The van der Waals surface area contributed by atoms with Crippen LogP contribution in [0.4, 0.5) is 0 Å². The number of hydrogen-bond donors (Lipinski definition) is 2. The molecule has 1 fully saturated rings. The maximum absolute atomic E-state index is 10.3. The van der Waals surface area contributed by atoms with Crippen LogP contribution in [0.3, 0.4) is 0 Å². The molecule has 0 aliphatic heterocycles. The van der Waals surface area contributed by atoms with Gasteiger partial charge in [-0.25, -0.2) is 0 Å².